The van der Waals surface area contributed by atoms with Crippen molar-refractivity contribution in [3.05, 3.63) is 57.8 Å². The zero-order valence-electron chi connectivity index (χ0n) is 9.73. The van der Waals surface area contributed by atoms with Crippen LogP contribution < -0.4 is 5.32 Å². The second-order valence-electron chi connectivity index (χ2n) is 4.04. The van der Waals surface area contributed by atoms with Crippen LogP contribution in [0.15, 0.2) is 41.1 Å². The van der Waals surface area contributed by atoms with Crippen molar-refractivity contribution in [3.8, 4) is 0 Å². The summed E-state index contributed by atoms with van der Waals surface area (Å²) < 4.78 is 0. The smallest absolute Gasteiger partial charge is 0.0369 e. The van der Waals surface area contributed by atoms with Crippen molar-refractivity contribution in [2.24, 2.45) is 0 Å². The van der Waals surface area contributed by atoms with Gasteiger partial charge in [0.05, 0.1) is 0 Å². The minimum atomic E-state index is 0.425. The van der Waals surface area contributed by atoms with Gasteiger partial charge >= 0.3 is 0 Å². The minimum Gasteiger partial charge on any atom is -0.313 e. The monoisotopic (exact) mass is 231 g/mol. The van der Waals surface area contributed by atoms with Crippen molar-refractivity contribution in [3.63, 3.8) is 0 Å². The van der Waals surface area contributed by atoms with E-state index in [0.29, 0.717) is 6.04 Å². The SMILES string of the molecule is CNC(Cc1ccccc1)c1cscc1C. The van der Waals surface area contributed by atoms with Crippen LogP contribution in [0, 0.1) is 6.92 Å². The van der Waals surface area contributed by atoms with Gasteiger partial charge in [0.15, 0.2) is 0 Å². The molecule has 1 unspecified atom stereocenters. The number of benzene rings is 1. The largest absolute Gasteiger partial charge is 0.313 e. The van der Waals surface area contributed by atoms with Gasteiger partial charge in [-0.3, -0.25) is 0 Å². The zero-order valence-corrected chi connectivity index (χ0v) is 10.6. The fraction of sp³-hybridized carbons (Fsp3) is 0.286. The Morgan fingerprint density at radius 1 is 1.19 bits per heavy atom. The molecule has 1 atom stereocenters. The first kappa shape index (κ1) is 11.4. The van der Waals surface area contributed by atoms with E-state index in [9.17, 15) is 0 Å². The number of thiophene rings is 1. The molecule has 84 valence electrons. The molecule has 0 amide bonds. The molecular formula is C14H17NS. The summed E-state index contributed by atoms with van der Waals surface area (Å²) in [5, 5.41) is 7.86. The molecule has 0 radical (unpaired) electrons. The molecule has 0 fully saturated rings. The Balaban J connectivity index is 2.16. The standard InChI is InChI=1S/C14H17NS/c1-11-9-16-10-13(11)14(15-2)8-12-6-4-3-5-7-12/h3-7,9-10,14-15H,8H2,1-2H3. The molecule has 2 aromatic rings. The van der Waals surface area contributed by atoms with Crippen LogP contribution in [0.3, 0.4) is 0 Å². The van der Waals surface area contributed by atoms with E-state index in [-0.39, 0.29) is 0 Å². The maximum absolute atomic E-state index is 3.40. The summed E-state index contributed by atoms with van der Waals surface area (Å²) in [6.45, 7) is 2.18. The van der Waals surface area contributed by atoms with Crippen LogP contribution in [0.4, 0.5) is 0 Å². The van der Waals surface area contributed by atoms with Crippen molar-refractivity contribution >= 4 is 11.3 Å². The van der Waals surface area contributed by atoms with Crippen LogP contribution in [-0.4, -0.2) is 7.05 Å². The first-order chi connectivity index (χ1) is 7.81. The molecule has 1 N–H and O–H groups in total. The third-order valence-corrected chi connectivity index (χ3v) is 3.78. The molecule has 0 aliphatic rings. The number of nitrogens with one attached hydrogen (secondary N) is 1. The van der Waals surface area contributed by atoms with E-state index in [1.54, 1.807) is 11.3 Å². The first-order valence-corrected chi connectivity index (χ1v) is 6.49. The lowest BCUT2D eigenvalue weighted by molar-refractivity contribution is 0.591. The summed E-state index contributed by atoms with van der Waals surface area (Å²) in [4.78, 5) is 0. The van der Waals surface area contributed by atoms with Crippen molar-refractivity contribution in [1.29, 1.82) is 0 Å². The lowest BCUT2D eigenvalue weighted by Gasteiger charge is -2.16. The predicted molar refractivity (Wildman–Crippen MR) is 71.0 cm³/mol. The Labute approximate surface area is 101 Å². The van der Waals surface area contributed by atoms with E-state index >= 15 is 0 Å². The van der Waals surface area contributed by atoms with Gasteiger partial charge in [0.2, 0.25) is 0 Å². The van der Waals surface area contributed by atoms with Crippen LogP contribution >= 0.6 is 11.3 Å². The molecule has 1 heterocycles. The zero-order chi connectivity index (χ0) is 11.4. The molecule has 0 saturated heterocycles. The summed E-state index contributed by atoms with van der Waals surface area (Å²) in [6, 6.07) is 11.1. The molecule has 16 heavy (non-hydrogen) atoms. The minimum absolute atomic E-state index is 0.425. The van der Waals surface area contributed by atoms with Gasteiger partial charge in [-0.2, -0.15) is 11.3 Å². The lowest BCUT2D eigenvalue weighted by atomic mass is 9.99. The van der Waals surface area contributed by atoms with E-state index in [2.05, 4.69) is 53.3 Å². The third-order valence-electron chi connectivity index (χ3n) is 2.90. The molecular weight excluding hydrogens is 214 g/mol. The molecule has 1 aromatic carbocycles. The molecule has 0 aliphatic carbocycles. The van der Waals surface area contributed by atoms with Crippen molar-refractivity contribution < 1.29 is 0 Å². The Kier molecular flexibility index (Phi) is 3.75. The highest BCUT2D eigenvalue weighted by Gasteiger charge is 2.12. The molecule has 1 nitrogen and oxygen atoms in total. The lowest BCUT2D eigenvalue weighted by Crippen LogP contribution is -2.18. The molecule has 0 aliphatic heterocycles. The number of likely N-dealkylation sites (N-methyl/N-ethyl adjacent to an activating group) is 1. The van der Waals surface area contributed by atoms with E-state index in [0.717, 1.165) is 6.42 Å². The molecule has 2 heteroatoms. The van der Waals surface area contributed by atoms with Gasteiger partial charge in [0.25, 0.3) is 0 Å². The highest BCUT2D eigenvalue weighted by Crippen LogP contribution is 2.24. The average molecular weight is 231 g/mol. The maximum Gasteiger partial charge on any atom is 0.0369 e. The van der Waals surface area contributed by atoms with E-state index in [4.69, 9.17) is 0 Å². The maximum atomic E-state index is 3.40. The number of rotatable bonds is 4. The normalized spacial score (nSPS) is 12.6. The van der Waals surface area contributed by atoms with Crippen LogP contribution in [0.2, 0.25) is 0 Å². The van der Waals surface area contributed by atoms with Gasteiger partial charge < -0.3 is 5.32 Å². The molecule has 0 spiro atoms. The summed E-state index contributed by atoms with van der Waals surface area (Å²) >= 11 is 1.78. The second kappa shape index (κ2) is 5.28. The first-order valence-electron chi connectivity index (χ1n) is 5.55. The molecule has 2 rings (SSSR count). The fourth-order valence-corrected chi connectivity index (χ4v) is 2.85. The summed E-state index contributed by atoms with van der Waals surface area (Å²) in [6.07, 6.45) is 1.05. The van der Waals surface area contributed by atoms with Crippen molar-refractivity contribution in [1.82, 2.24) is 5.32 Å². The van der Waals surface area contributed by atoms with Gasteiger partial charge in [0, 0.05) is 6.04 Å². The van der Waals surface area contributed by atoms with Gasteiger partial charge in [-0.15, -0.1) is 0 Å². The van der Waals surface area contributed by atoms with Gasteiger partial charge in [0.1, 0.15) is 0 Å². The second-order valence-corrected chi connectivity index (χ2v) is 4.78. The van der Waals surface area contributed by atoms with E-state index in [1.165, 1.54) is 16.7 Å². The van der Waals surface area contributed by atoms with Crippen molar-refractivity contribution in [2.45, 2.75) is 19.4 Å². The Hall–Kier alpha value is -1.12. The highest BCUT2D eigenvalue weighted by atomic mass is 32.1. The van der Waals surface area contributed by atoms with Gasteiger partial charge in [-0.25, -0.2) is 0 Å². The van der Waals surface area contributed by atoms with Crippen LogP contribution in [0.25, 0.3) is 0 Å². The van der Waals surface area contributed by atoms with E-state index in [1.807, 2.05) is 7.05 Å². The summed E-state index contributed by atoms with van der Waals surface area (Å²) in [7, 11) is 2.03. The quantitative estimate of drug-likeness (QED) is 0.848. The number of hydrogen-bond acceptors (Lipinski definition) is 2. The Bertz CT molecular complexity index is 433. The Morgan fingerprint density at radius 3 is 2.50 bits per heavy atom. The van der Waals surface area contributed by atoms with Gasteiger partial charge in [-0.05, 0) is 47.8 Å². The topological polar surface area (TPSA) is 12.0 Å². The third kappa shape index (κ3) is 2.52. The van der Waals surface area contributed by atoms with Crippen LogP contribution in [-0.2, 0) is 6.42 Å². The molecule has 0 saturated carbocycles. The molecule has 1 aromatic heterocycles. The number of hydrogen-bond donors (Lipinski definition) is 1. The van der Waals surface area contributed by atoms with Crippen LogP contribution in [0.1, 0.15) is 22.7 Å². The fourth-order valence-electron chi connectivity index (χ4n) is 1.94. The average Bonchev–Trinajstić information content (AvgIpc) is 2.74. The highest BCUT2D eigenvalue weighted by molar-refractivity contribution is 7.08. The van der Waals surface area contributed by atoms with Crippen LogP contribution in [0.5, 0.6) is 0 Å². The molecule has 0 bridgehead atoms. The predicted octanol–water partition coefficient (Wildman–Crippen LogP) is 3.56. The number of aryl methyl sites for hydroxylation is 1. The van der Waals surface area contributed by atoms with Gasteiger partial charge in [-0.1, -0.05) is 30.3 Å². The Morgan fingerprint density at radius 2 is 1.94 bits per heavy atom. The summed E-state index contributed by atoms with van der Waals surface area (Å²) in [5.74, 6) is 0. The van der Waals surface area contributed by atoms with E-state index < -0.39 is 0 Å². The summed E-state index contributed by atoms with van der Waals surface area (Å²) in [5.41, 5.74) is 4.20. The van der Waals surface area contributed by atoms with Crippen molar-refractivity contribution in [2.75, 3.05) is 7.05 Å².